The lowest BCUT2D eigenvalue weighted by molar-refractivity contribution is 0.0536. The number of hydrogen-bond donors (Lipinski definition) is 2. The van der Waals surface area contributed by atoms with Crippen molar-refractivity contribution in [3.63, 3.8) is 0 Å². The lowest BCUT2D eigenvalue weighted by Gasteiger charge is -2.21. The molecule has 0 aliphatic carbocycles. The molecule has 2 heterocycles. The Hall–Kier alpha value is -3.19. The maximum atomic E-state index is 13.0. The first kappa shape index (κ1) is 22.5. The topological polar surface area (TPSA) is 85.2 Å². The van der Waals surface area contributed by atoms with E-state index in [2.05, 4.69) is 36.4 Å². The van der Waals surface area contributed by atoms with E-state index in [0.29, 0.717) is 16.7 Å². The highest BCUT2D eigenvalue weighted by Crippen LogP contribution is 2.22. The lowest BCUT2D eigenvalue weighted by atomic mass is 10.1. The summed E-state index contributed by atoms with van der Waals surface area (Å²) in [6.07, 6.45) is 0.998. The van der Waals surface area contributed by atoms with Gasteiger partial charge >= 0.3 is 6.09 Å². The van der Waals surface area contributed by atoms with Crippen LogP contribution >= 0.6 is 0 Å². The molecule has 0 unspecified atom stereocenters. The summed E-state index contributed by atoms with van der Waals surface area (Å²) in [4.78, 5) is 30.1. The molecular formula is C24H30N4O3. The number of ether oxygens (including phenoxy) is 1. The Labute approximate surface area is 182 Å². The van der Waals surface area contributed by atoms with Gasteiger partial charge in [0.15, 0.2) is 0 Å². The number of hydrogen-bond acceptors (Lipinski definition) is 5. The van der Waals surface area contributed by atoms with Crippen LogP contribution in [-0.4, -0.2) is 32.7 Å². The molecule has 1 amide bonds. The minimum atomic E-state index is -0.694. The number of rotatable bonds is 4. The molecule has 0 spiro atoms. The summed E-state index contributed by atoms with van der Waals surface area (Å²) in [6, 6.07) is 12.6. The number of anilines is 1. The van der Waals surface area contributed by atoms with Crippen molar-refractivity contribution < 1.29 is 14.3 Å². The van der Waals surface area contributed by atoms with Crippen LogP contribution in [0.3, 0.4) is 0 Å². The quantitative estimate of drug-likeness (QED) is 0.621. The van der Waals surface area contributed by atoms with E-state index in [4.69, 9.17) is 4.74 Å². The van der Waals surface area contributed by atoms with Gasteiger partial charge in [-0.1, -0.05) is 12.1 Å². The first-order valence-corrected chi connectivity index (χ1v) is 10.3. The molecule has 0 aliphatic rings. The zero-order valence-corrected chi connectivity index (χ0v) is 18.9. The summed E-state index contributed by atoms with van der Waals surface area (Å²) in [5, 5.41) is 6.29. The molecule has 7 nitrogen and oxygen atoms in total. The van der Waals surface area contributed by atoms with E-state index in [9.17, 15) is 9.59 Å². The van der Waals surface area contributed by atoms with Gasteiger partial charge < -0.3 is 15.4 Å². The number of fused-ring (bicyclic) bond motifs is 1. The van der Waals surface area contributed by atoms with Crippen LogP contribution in [0.1, 0.15) is 57.6 Å². The van der Waals surface area contributed by atoms with Crippen molar-refractivity contribution in [1.82, 2.24) is 14.9 Å². The van der Waals surface area contributed by atoms with Crippen LogP contribution in [0.25, 0.3) is 11.0 Å². The van der Waals surface area contributed by atoms with E-state index >= 15 is 0 Å². The van der Waals surface area contributed by atoms with Gasteiger partial charge in [-0.3, -0.25) is 9.78 Å². The standard InChI is InChI=1S/C24H30N4O3/c1-23(2,3)26-15-16-9-11-17(12-10-16)27-21(29)20-14-18-19(8-7-13-25-18)28(20)22(30)31-24(4,5)6/h7-14,26H,15H2,1-6H3,(H,27,29). The van der Waals surface area contributed by atoms with E-state index in [0.717, 1.165) is 12.1 Å². The Kier molecular flexibility index (Phi) is 6.18. The number of nitrogens with zero attached hydrogens (tertiary/aromatic N) is 2. The second kappa shape index (κ2) is 8.51. The van der Waals surface area contributed by atoms with Crippen LogP contribution in [0.2, 0.25) is 0 Å². The minimum Gasteiger partial charge on any atom is -0.443 e. The summed E-state index contributed by atoms with van der Waals surface area (Å²) in [5.41, 5.74) is 2.31. The molecule has 0 saturated carbocycles. The molecular weight excluding hydrogens is 392 g/mol. The molecule has 7 heteroatoms. The highest BCUT2D eigenvalue weighted by Gasteiger charge is 2.25. The van der Waals surface area contributed by atoms with Gasteiger partial charge in [0.25, 0.3) is 5.91 Å². The molecule has 0 atom stereocenters. The van der Waals surface area contributed by atoms with Crippen molar-refractivity contribution >= 4 is 28.7 Å². The van der Waals surface area contributed by atoms with E-state index in [1.165, 1.54) is 4.57 Å². The van der Waals surface area contributed by atoms with Gasteiger partial charge in [-0.2, -0.15) is 0 Å². The summed E-state index contributed by atoms with van der Waals surface area (Å²) in [6.45, 7) is 12.4. The van der Waals surface area contributed by atoms with Crippen LogP contribution in [0.4, 0.5) is 10.5 Å². The van der Waals surface area contributed by atoms with Crippen LogP contribution in [0.5, 0.6) is 0 Å². The van der Waals surface area contributed by atoms with Crippen LogP contribution in [0.15, 0.2) is 48.7 Å². The van der Waals surface area contributed by atoms with Gasteiger partial charge in [0.1, 0.15) is 11.3 Å². The fourth-order valence-corrected chi connectivity index (χ4v) is 2.97. The minimum absolute atomic E-state index is 0.0238. The molecule has 2 N–H and O–H groups in total. The third-order valence-corrected chi connectivity index (χ3v) is 4.41. The largest absolute Gasteiger partial charge is 0.443 e. The normalized spacial score (nSPS) is 12.1. The molecule has 3 rings (SSSR count). The van der Waals surface area contributed by atoms with Crippen molar-refractivity contribution in [2.75, 3.05) is 5.32 Å². The number of carbonyl (C=O) groups excluding carboxylic acids is 2. The highest BCUT2D eigenvalue weighted by atomic mass is 16.6. The molecule has 2 aromatic heterocycles. The van der Waals surface area contributed by atoms with Crippen LogP contribution in [-0.2, 0) is 11.3 Å². The number of benzene rings is 1. The Morgan fingerprint density at radius 1 is 1.03 bits per heavy atom. The number of carbonyl (C=O) groups is 2. The summed E-state index contributed by atoms with van der Waals surface area (Å²) >= 11 is 0. The fraction of sp³-hybridized carbons (Fsp3) is 0.375. The Balaban J connectivity index is 1.84. The van der Waals surface area contributed by atoms with Gasteiger partial charge in [-0.05, 0) is 77.4 Å². The first-order chi connectivity index (χ1) is 14.4. The average molecular weight is 423 g/mol. The van der Waals surface area contributed by atoms with Crippen molar-refractivity contribution in [1.29, 1.82) is 0 Å². The monoisotopic (exact) mass is 422 g/mol. The Morgan fingerprint density at radius 2 is 1.71 bits per heavy atom. The Morgan fingerprint density at radius 3 is 2.32 bits per heavy atom. The highest BCUT2D eigenvalue weighted by molar-refractivity contribution is 6.08. The summed E-state index contributed by atoms with van der Waals surface area (Å²) in [7, 11) is 0. The zero-order valence-electron chi connectivity index (χ0n) is 18.9. The first-order valence-electron chi connectivity index (χ1n) is 10.3. The average Bonchev–Trinajstić information content (AvgIpc) is 3.05. The SMILES string of the molecule is CC(C)(C)NCc1ccc(NC(=O)c2cc3ncccc3n2C(=O)OC(C)(C)C)cc1. The van der Waals surface area contributed by atoms with Crippen LogP contribution in [0, 0.1) is 0 Å². The number of pyridine rings is 1. The van der Waals surface area contributed by atoms with E-state index in [1.54, 1.807) is 45.2 Å². The fourth-order valence-electron chi connectivity index (χ4n) is 2.97. The summed E-state index contributed by atoms with van der Waals surface area (Å²) < 4.78 is 6.78. The smallest absolute Gasteiger partial charge is 0.419 e. The molecule has 1 aromatic carbocycles. The van der Waals surface area contributed by atoms with Gasteiger partial charge in [-0.15, -0.1) is 0 Å². The summed E-state index contributed by atoms with van der Waals surface area (Å²) in [5.74, 6) is -0.413. The maximum absolute atomic E-state index is 13.0. The molecule has 0 saturated heterocycles. The van der Waals surface area contributed by atoms with Crippen molar-refractivity contribution in [2.45, 2.75) is 59.2 Å². The predicted molar refractivity (Wildman–Crippen MR) is 122 cm³/mol. The molecule has 0 aliphatic heterocycles. The second-order valence-corrected chi connectivity index (χ2v) is 9.51. The van der Waals surface area contributed by atoms with E-state index in [-0.39, 0.29) is 11.2 Å². The molecule has 31 heavy (non-hydrogen) atoms. The molecule has 3 aromatic rings. The van der Waals surface area contributed by atoms with Gasteiger partial charge in [-0.25, -0.2) is 9.36 Å². The predicted octanol–water partition coefficient (Wildman–Crippen LogP) is 4.96. The van der Waals surface area contributed by atoms with Crippen molar-refractivity contribution in [2.24, 2.45) is 0 Å². The molecule has 0 fully saturated rings. The Bertz CT molecular complexity index is 1090. The van der Waals surface area contributed by atoms with Crippen molar-refractivity contribution in [3.05, 3.63) is 59.9 Å². The van der Waals surface area contributed by atoms with Gasteiger partial charge in [0.05, 0.1) is 11.0 Å². The van der Waals surface area contributed by atoms with Gasteiger partial charge in [0.2, 0.25) is 0 Å². The third kappa shape index (κ3) is 5.92. The van der Waals surface area contributed by atoms with Crippen LogP contribution < -0.4 is 10.6 Å². The lowest BCUT2D eigenvalue weighted by Crippen LogP contribution is -2.35. The number of amides is 1. The van der Waals surface area contributed by atoms with E-state index < -0.39 is 17.6 Å². The molecule has 164 valence electrons. The molecule has 0 bridgehead atoms. The van der Waals surface area contributed by atoms with Crippen molar-refractivity contribution in [3.8, 4) is 0 Å². The third-order valence-electron chi connectivity index (χ3n) is 4.41. The maximum Gasteiger partial charge on any atom is 0.419 e. The number of nitrogens with one attached hydrogen (secondary N) is 2. The second-order valence-electron chi connectivity index (χ2n) is 9.51. The number of aromatic nitrogens is 2. The molecule has 0 radical (unpaired) electrons. The van der Waals surface area contributed by atoms with E-state index in [1.807, 2.05) is 24.3 Å². The van der Waals surface area contributed by atoms with Gasteiger partial charge in [0, 0.05) is 24.0 Å². The zero-order chi connectivity index (χ0) is 22.8.